The molecule has 2 atom stereocenters. The van der Waals surface area contributed by atoms with Gasteiger partial charge in [-0.1, -0.05) is 0 Å². The molecule has 2 aliphatic rings. The number of nitrogens with one attached hydrogen (secondary N) is 1. The van der Waals surface area contributed by atoms with Crippen molar-refractivity contribution in [2.45, 2.75) is 31.4 Å². The summed E-state index contributed by atoms with van der Waals surface area (Å²) in [5, 5.41) is 3.29. The minimum absolute atomic E-state index is 0.0458. The molecule has 0 aromatic rings. The lowest BCUT2D eigenvalue weighted by molar-refractivity contribution is -0.124. The molecule has 1 N–H and O–H groups in total. The number of likely N-dealkylation sites (N-methyl/N-ethyl adjacent to an activating group) is 1. The molecule has 0 aromatic heterocycles. The van der Waals surface area contributed by atoms with Crippen molar-refractivity contribution >= 4 is 11.9 Å². The number of ether oxygens (including phenoxy) is 1. The van der Waals surface area contributed by atoms with Crippen LogP contribution in [0, 0.1) is 0 Å². The molecule has 0 bridgehead atoms. The summed E-state index contributed by atoms with van der Waals surface area (Å²) in [6, 6.07) is 0.294. The van der Waals surface area contributed by atoms with Crippen LogP contribution in [0.25, 0.3) is 0 Å². The Morgan fingerprint density at radius 3 is 2.93 bits per heavy atom. The van der Waals surface area contributed by atoms with E-state index in [1.54, 1.807) is 19.1 Å². The Hall–Kier alpha value is -1.10. The highest BCUT2D eigenvalue weighted by Crippen LogP contribution is 2.21. The van der Waals surface area contributed by atoms with Gasteiger partial charge in [-0.05, 0) is 19.3 Å². The lowest BCUT2D eigenvalue weighted by atomic mass is 10.2. The van der Waals surface area contributed by atoms with Crippen molar-refractivity contribution in [1.82, 2.24) is 10.2 Å². The largest absolute Gasteiger partial charge is 0.379 e. The van der Waals surface area contributed by atoms with E-state index < -0.39 is 0 Å². The van der Waals surface area contributed by atoms with Crippen molar-refractivity contribution in [3.05, 3.63) is 0 Å². The van der Waals surface area contributed by atoms with Crippen molar-refractivity contribution in [2.24, 2.45) is 4.99 Å². The predicted molar refractivity (Wildman–Crippen MR) is 56.6 cm³/mol. The fraction of sp³-hybridized carbons (Fsp3) is 0.800. The van der Waals surface area contributed by atoms with Gasteiger partial charge in [0.2, 0.25) is 5.96 Å². The first kappa shape index (κ1) is 10.4. The van der Waals surface area contributed by atoms with Crippen LogP contribution in [0.4, 0.5) is 0 Å². The average molecular weight is 211 g/mol. The fourth-order valence-electron chi connectivity index (χ4n) is 2.15. The number of amides is 1. The van der Waals surface area contributed by atoms with Gasteiger partial charge in [0.05, 0.1) is 12.1 Å². The van der Waals surface area contributed by atoms with Crippen LogP contribution in [0.3, 0.4) is 0 Å². The molecule has 0 radical (unpaired) electrons. The van der Waals surface area contributed by atoms with E-state index in [0.717, 1.165) is 12.8 Å². The molecule has 5 nitrogen and oxygen atoms in total. The number of carbonyl (C=O) groups excluding carboxylic acids is 1. The molecule has 0 unspecified atom stereocenters. The topological polar surface area (TPSA) is 53.9 Å². The number of nitrogens with zero attached hydrogens (tertiary/aromatic N) is 2. The van der Waals surface area contributed by atoms with Crippen molar-refractivity contribution in [1.29, 1.82) is 0 Å². The SMILES string of the molecule is CO[C@H]1CCC[C@@H]1NC1=NCC(=O)N1C. The molecule has 5 heteroatoms. The standard InChI is InChI=1S/C10H17N3O2/c1-13-9(14)6-11-10(13)12-7-4-3-5-8(7)15-2/h7-8H,3-6H2,1-2H3,(H,11,12)/t7-,8-/m0/s1. The summed E-state index contributed by atoms with van der Waals surface area (Å²) in [4.78, 5) is 17.0. The molecule has 1 saturated carbocycles. The molecule has 1 heterocycles. The van der Waals surface area contributed by atoms with Gasteiger partial charge in [0, 0.05) is 14.2 Å². The van der Waals surface area contributed by atoms with Gasteiger partial charge in [0.25, 0.3) is 5.91 Å². The van der Waals surface area contributed by atoms with Gasteiger partial charge in [0.15, 0.2) is 0 Å². The lowest BCUT2D eigenvalue weighted by Crippen LogP contribution is -2.46. The van der Waals surface area contributed by atoms with E-state index in [1.807, 2.05) is 0 Å². The van der Waals surface area contributed by atoms with E-state index in [4.69, 9.17) is 4.74 Å². The zero-order chi connectivity index (χ0) is 10.8. The summed E-state index contributed by atoms with van der Waals surface area (Å²) in [6.07, 6.45) is 3.58. The van der Waals surface area contributed by atoms with Gasteiger partial charge in [-0.25, -0.2) is 4.99 Å². The number of guanidine groups is 1. The molecule has 84 valence electrons. The van der Waals surface area contributed by atoms with Gasteiger partial charge in [-0.2, -0.15) is 0 Å². The van der Waals surface area contributed by atoms with Crippen LogP contribution in [-0.2, 0) is 9.53 Å². The van der Waals surface area contributed by atoms with Crippen LogP contribution in [0.1, 0.15) is 19.3 Å². The zero-order valence-electron chi connectivity index (χ0n) is 9.19. The molecule has 0 aromatic carbocycles. The van der Waals surface area contributed by atoms with Crippen molar-refractivity contribution in [3.63, 3.8) is 0 Å². The van der Waals surface area contributed by atoms with E-state index >= 15 is 0 Å². The normalized spacial score (nSPS) is 30.9. The maximum Gasteiger partial charge on any atom is 0.250 e. The number of methoxy groups -OCH3 is 1. The first-order valence-corrected chi connectivity index (χ1v) is 5.32. The van der Waals surface area contributed by atoms with E-state index in [9.17, 15) is 4.79 Å². The van der Waals surface area contributed by atoms with Crippen molar-refractivity contribution < 1.29 is 9.53 Å². The van der Waals surface area contributed by atoms with Crippen LogP contribution < -0.4 is 5.32 Å². The smallest absolute Gasteiger partial charge is 0.250 e. The number of carbonyl (C=O) groups is 1. The van der Waals surface area contributed by atoms with Gasteiger partial charge in [-0.15, -0.1) is 0 Å². The van der Waals surface area contributed by atoms with E-state index in [0.29, 0.717) is 12.0 Å². The Balaban J connectivity index is 1.94. The predicted octanol–water partition coefficient (Wildman–Crippen LogP) is -0.0285. The summed E-state index contributed by atoms with van der Waals surface area (Å²) >= 11 is 0. The maximum absolute atomic E-state index is 11.2. The molecule has 0 saturated heterocycles. The third-order valence-electron chi connectivity index (χ3n) is 3.13. The maximum atomic E-state index is 11.2. The van der Waals surface area contributed by atoms with Crippen LogP contribution in [0.5, 0.6) is 0 Å². The molecule has 0 spiro atoms. The molecule has 1 aliphatic carbocycles. The van der Waals surface area contributed by atoms with Gasteiger partial charge < -0.3 is 10.1 Å². The van der Waals surface area contributed by atoms with Crippen molar-refractivity contribution in [3.8, 4) is 0 Å². The number of hydrogen-bond acceptors (Lipinski definition) is 4. The molecule has 2 rings (SSSR count). The minimum atomic E-state index is 0.0458. The third kappa shape index (κ3) is 1.97. The molecule has 1 aliphatic heterocycles. The Morgan fingerprint density at radius 2 is 2.33 bits per heavy atom. The van der Waals surface area contributed by atoms with Gasteiger partial charge in [0.1, 0.15) is 6.54 Å². The second-order valence-corrected chi connectivity index (χ2v) is 4.05. The van der Waals surface area contributed by atoms with Crippen LogP contribution in [-0.4, -0.2) is 49.6 Å². The number of rotatable bonds is 2. The highest BCUT2D eigenvalue weighted by molar-refractivity contribution is 6.02. The average Bonchev–Trinajstić information content (AvgIpc) is 2.80. The summed E-state index contributed by atoms with van der Waals surface area (Å²) < 4.78 is 5.38. The highest BCUT2D eigenvalue weighted by Gasteiger charge is 2.30. The highest BCUT2D eigenvalue weighted by atomic mass is 16.5. The van der Waals surface area contributed by atoms with E-state index in [1.165, 1.54) is 6.42 Å². The second-order valence-electron chi connectivity index (χ2n) is 4.05. The molecule has 1 amide bonds. The minimum Gasteiger partial charge on any atom is -0.379 e. The summed E-state index contributed by atoms with van der Waals surface area (Å²) in [5.41, 5.74) is 0. The van der Waals surface area contributed by atoms with Crippen LogP contribution in [0.15, 0.2) is 4.99 Å². The Morgan fingerprint density at radius 1 is 1.53 bits per heavy atom. The Kier molecular flexibility index (Phi) is 2.90. The molecular formula is C10H17N3O2. The molecular weight excluding hydrogens is 194 g/mol. The monoisotopic (exact) mass is 211 g/mol. The quantitative estimate of drug-likeness (QED) is 0.698. The Bertz CT molecular complexity index is 290. The van der Waals surface area contributed by atoms with Crippen LogP contribution in [0.2, 0.25) is 0 Å². The second kappa shape index (κ2) is 4.18. The fourth-order valence-corrected chi connectivity index (χ4v) is 2.15. The number of hydrogen-bond donors (Lipinski definition) is 1. The third-order valence-corrected chi connectivity index (χ3v) is 3.13. The number of aliphatic imine (C=N–C) groups is 1. The van der Waals surface area contributed by atoms with Crippen LogP contribution >= 0.6 is 0 Å². The first-order chi connectivity index (χ1) is 7.22. The van der Waals surface area contributed by atoms with Gasteiger partial charge >= 0.3 is 0 Å². The lowest BCUT2D eigenvalue weighted by Gasteiger charge is -2.23. The van der Waals surface area contributed by atoms with E-state index in [2.05, 4.69) is 10.3 Å². The van der Waals surface area contributed by atoms with Gasteiger partial charge in [-0.3, -0.25) is 9.69 Å². The molecule has 1 fully saturated rings. The molecule has 15 heavy (non-hydrogen) atoms. The zero-order valence-corrected chi connectivity index (χ0v) is 9.19. The van der Waals surface area contributed by atoms with Crippen molar-refractivity contribution in [2.75, 3.05) is 20.7 Å². The Labute approximate surface area is 89.5 Å². The first-order valence-electron chi connectivity index (χ1n) is 5.32. The summed E-state index contributed by atoms with van der Waals surface area (Å²) in [5.74, 6) is 0.735. The van der Waals surface area contributed by atoms with E-state index in [-0.39, 0.29) is 18.6 Å². The summed E-state index contributed by atoms with van der Waals surface area (Å²) in [6.45, 7) is 0.267. The summed E-state index contributed by atoms with van der Waals surface area (Å²) in [7, 11) is 3.48.